The quantitative estimate of drug-likeness (QED) is 0.662. The summed E-state index contributed by atoms with van der Waals surface area (Å²) in [6.45, 7) is 15.2. The molecule has 0 saturated carbocycles. The Labute approximate surface area is 201 Å². The van der Waals surface area contributed by atoms with E-state index in [4.69, 9.17) is 4.42 Å². The highest BCUT2D eigenvalue weighted by Gasteiger charge is 2.39. The molecule has 2 heterocycles. The molecule has 2 N–H and O–H groups in total. The van der Waals surface area contributed by atoms with Gasteiger partial charge in [0.1, 0.15) is 23.0 Å². The van der Waals surface area contributed by atoms with Crippen LogP contribution in [0.25, 0.3) is 11.0 Å². The molecule has 8 heteroatoms. The van der Waals surface area contributed by atoms with Crippen molar-refractivity contribution in [2.75, 3.05) is 25.0 Å². The Balaban J connectivity index is 1.81. The lowest BCUT2D eigenvalue weighted by Crippen LogP contribution is -2.58. The van der Waals surface area contributed by atoms with Gasteiger partial charge in [-0.2, -0.15) is 10.2 Å². The first-order chi connectivity index (χ1) is 15.8. The molecule has 0 spiro atoms. The Morgan fingerprint density at radius 1 is 1.18 bits per heavy atom. The number of hydrogen-bond donors (Lipinski definition) is 2. The van der Waals surface area contributed by atoms with Gasteiger partial charge in [-0.25, -0.2) is 4.79 Å². The summed E-state index contributed by atoms with van der Waals surface area (Å²) < 4.78 is 5.19. The van der Waals surface area contributed by atoms with E-state index in [1.165, 1.54) is 0 Å². The van der Waals surface area contributed by atoms with E-state index < -0.39 is 17.3 Å². The van der Waals surface area contributed by atoms with Crippen molar-refractivity contribution < 1.29 is 9.21 Å². The Hall–Kier alpha value is -2.92. The fourth-order valence-electron chi connectivity index (χ4n) is 4.47. The molecular formula is C26H37N5O3. The summed E-state index contributed by atoms with van der Waals surface area (Å²) in [5.74, 6) is -0.682. The molecule has 1 amide bonds. The number of likely N-dealkylation sites (tertiary alicyclic amines) is 1. The van der Waals surface area contributed by atoms with Gasteiger partial charge in [-0.15, -0.1) is 0 Å². The predicted octanol–water partition coefficient (Wildman–Crippen LogP) is 3.93. The van der Waals surface area contributed by atoms with Gasteiger partial charge in [0.15, 0.2) is 0 Å². The first kappa shape index (κ1) is 25.7. The monoisotopic (exact) mass is 467 g/mol. The summed E-state index contributed by atoms with van der Waals surface area (Å²) in [5.41, 5.74) is -0.510. The number of anilines is 1. The van der Waals surface area contributed by atoms with Crippen LogP contribution in [0.4, 0.5) is 5.82 Å². The van der Waals surface area contributed by atoms with Crippen LogP contribution in [-0.4, -0.2) is 47.0 Å². The standard InChI is InChI=1S/C26H37N5O3/c1-24(2,3)15-19(28-21-18-9-7-8-10-20(18)34-23(33)29-21)22(32)30-26(16-27)11-13-31(14-12-26)17-25(4,5)6/h7-10,19H,11-15,17H2,1-6H3,(H,30,32)(H,28,29,33). The number of piperidine rings is 1. The SMILES string of the molecule is CC(C)(C)CC(Nc1nc(=O)oc2ccccc12)C(=O)NC1(C#N)CCN(CC(C)(C)C)CC1. The molecule has 1 unspecified atom stereocenters. The molecular weight excluding hydrogens is 430 g/mol. The fraction of sp³-hybridized carbons (Fsp3) is 0.615. The number of nitrogens with zero attached hydrogens (tertiary/aromatic N) is 3. The average Bonchev–Trinajstić information content (AvgIpc) is 2.72. The van der Waals surface area contributed by atoms with Crippen LogP contribution in [0.1, 0.15) is 60.8 Å². The minimum Gasteiger partial charge on any atom is -0.408 e. The molecule has 34 heavy (non-hydrogen) atoms. The second-order valence-electron chi connectivity index (χ2n) is 11.8. The molecule has 2 aromatic rings. The highest BCUT2D eigenvalue weighted by Crippen LogP contribution is 2.28. The summed E-state index contributed by atoms with van der Waals surface area (Å²) in [6, 6.07) is 8.80. The maximum absolute atomic E-state index is 13.5. The van der Waals surface area contributed by atoms with Crippen LogP contribution in [0.3, 0.4) is 0 Å². The molecule has 0 radical (unpaired) electrons. The predicted molar refractivity (Wildman–Crippen MR) is 133 cm³/mol. The topological polar surface area (TPSA) is 111 Å². The largest absolute Gasteiger partial charge is 0.441 e. The summed E-state index contributed by atoms with van der Waals surface area (Å²) in [4.78, 5) is 31.9. The maximum Gasteiger partial charge on any atom is 0.441 e. The Morgan fingerprint density at radius 2 is 1.82 bits per heavy atom. The van der Waals surface area contributed by atoms with E-state index in [0.29, 0.717) is 36.0 Å². The number of amides is 1. The molecule has 1 aromatic heterocycles. The zero-order valence-electron chi connectivity index (χ0n) is 21.2. The van der Waals surface area contributed by atoms with E-state index in [0.717, 1.165) is 19.6 Å². The van der Waals surface area contributed by atoms with Crippen molar-refractivity contribution in [2.24, 2.45) is 10.8 Å². The summed E-state index contributed by atoms with van der Waals surface area (Å²) >= 11 is 0. The van der Waals surface area contributed by atoms with Crippen molar-refractivity contribution >= 4 is 22.7 Å². The lowest BCUT2D eigenvalue weighted by molar-refractivity contribution is -0.124. The maximum atomic E-state index is 13.5. The normalized spacial score (nSPS) is 17.7. The molecule has 1 aromatic carbocycles. The van der Waals surface area contributed by atoms with Crippen LogP contribution >= 0.6 is 0 Å². The van der Waals surface area contributed by atoms with Crippen molar-refractivity contribution in [3.8, 4) is 6.07 Å². The van der Waals surface area contributed by atoms with Crippen molar-refractivity contribution in [1.29, 1.82) is 5.26 Å². The second-order valence-corrected chi connectivity index (χ2v) is 11.8. The van der Waals surface area contributed by atoms with Crippen molar-refractivity contribution in [3.63, 3.8) is 0 Å². The van der Waals surface area contributed by atoms with Crippen LogP contribution < -0.4 is 16.4 Å². The number of para-hydroxylation sites is 1. The van der Waals surface area contributed by atoms with E-state index in [1.54, 1.807) is 18.2 Å². The number of fused-ring (bicyclic) bond motifs is 1. The number of carbonyl (C=O) groups is 1. The lowest BCUT2D eigenvalue weighted by Gasteiger charge is -2.40. The van der Waals surface area contributed by atoms with E-state index in [-0.39, 0.29) is 16.7 Å². The number of benzene rings is 1. The summed E-state index contributed by atoms with van der Waals surface area (Å²) in [5, 5.41) is 16.9. The van der Waals surface area contributed by atoms with Gasteiger partial charge in [0.25, 0.3) is 0 Å². The van der Waals surface area contributed by atoms with Crippen LogP contribution in [-0.2, 0) is 4.79 Å². The summed E-state index contributed by atoms with van der Waals surface area (Å²) in [7, 11) is 0. The molecule has 1 atom stereocenters. The van der Waals surface area contributed by atoms with Gasteiger partial charge >= 0.3 is 5.76 Å². The van der Waals surface area contributed by atoms with E-state index >= 15 is 0 Å². The van der Waals surface area contributed by atoms with Crippen LogP contribution in [0.5, 0.6) is 0 Å². The van der Waals surface area contributed by atoms with Gasteiger partial charge in [-0.05, 0) is 42.2 Å². The van der Waals surface area contributed by atoms with Crippen molar-refractivity contribution in [2.45, 2.75) is 72.4 Å². The zero-order valence-corrected chi connectivity index (χ0v) is 21.2. The molecule has 1 aliphatic rings. The molecule has 1 fully saturated rings. The average molecular weight is 468 g/mol. The number of nitriles is 1. The summed E-state index contributed by atoms with van der Waals surface area (Å²) in [6.07, 6.45) is 1.64. The van der Waals surface area contributed by atoms with Crippen LogP contribution in [0.15, 0.2) is 33.5 Å². The van der Waals surface area contributed by atoms with E-state index in [1.807, 2.05) is 26.8 Å². The fourth-order valence-corrected chi connectivity index (χ4v) is 4.47. The van der Waals surface area contributed by atoms with Crippen molar-refractivity contribution in [1.82, 2.24) is 15.2 Å². The Kier molecular flexibility index (Phi) is 7.37. The molecule has 1 saturated heterocycles. The van der Waals surface area contributed by atoms with Gasteiger partial charge < -0.3 is 20.0 Å². The zero-order chi connectivity index (χ0) is 25.1. The van der Waals surface area contributed by atoms with Gasteiger partial charge in [-0.3, -0.25) is 4.79 Å². The number of carbonyl (C=O) groups excluding carboxylic acids is 1. The van der Waals surface area contributed by atoms with E-state index in [2.05, 4.69) is 47.4 Å². The van der Waals surface area contributed by atoms with Crippen LogP contribution in [0.2, 0.25) is 0 Å². The highest BCUT2D eigenvalue weighted by molar-refractivity contribution is 5.91. The number of rotatable bonds is 6. The van der Waals surface area contributed by atoms with Gasteiger partial charge in [0.05, 0.1) is 11.5 Å². The third kappa shape index (κ3) is 6.80. The first-order valence-electron chi connectivity index (χ1n) is 11.9. The smallest absolute Gasteiger partial charge is 0.408 e. The minimum absolute atomic E-state index is 0.176. The van der Waals surface area contributed by atoms with Crippen molar-refractivity contribution in [3.05, 3.63) is 34.8 Å². The van der Waals surface area contributed by atoms with E-state index in [9.17, 15) is 14.9 Å². The first-order valence-corrected chi connectivity index (χ1v) is 11.9. The third-order valence-corrected chi connectivity index (χ3v) is 5.97. The molecule has 0 bridgehead atoms. The van der Waals surface area contributed by atoms with Crippen LogP contribution in [0, 0.1) is 22.2 Å². The molecule has 184 valence electrons. The molecule has 0 aliphatic carbocycles. The second kappa shape index (κ2) is 9.75. The highest BCUT2D eigenvalue weighted by atomic mass is 16.4. The minimum atomic E-state index is -0.908. The molecule has 1 aliphatic heterocycles. The Bertz CT molecular complexity index is 1110. The Morgan fingerprint density at radius 3 is 2.41 bits per heavy atom. The van der Waals surface area contributed by atoms with Gasteiger partial charge in [0.2, 0.25) is 5.91 Å². The molecule has 8 nitrogen and oxygen atoms in total. The third-order valence-electron chi connectivity index (χ3n) is 5.97. The number of aromatic nitrogens is 1. The lowest BCUT2D eigenvalue weighted by atomic mass is 9.85. The number of hydrogen-bond acceptors (Lipinski definition) is 7. The number of nitrogens with one attached hydrogen (secondary N) is 2. The van der Waals surface area contributed by atoms with Gasteiger partial charge in [-0.1, -0.05) is 53.7 Å². The van der Waals surface area contributed by atoms with Gasteiger partial charge in [0, 0.05) is 19.6 Å². The molecule has 3 rings (SSSR count).